The molecule has 5 nitrogen and oxygen atoms in total. The van der Waals surface area contributed by atoms with Crippen molar-refractivity contribution in [2.75, 3.05) is 13.2 Å². The second-order valence-corrected chi connectivity index (χ2v) is 7.84. The number of sulfonamides is 1. The Labute approximate surface area is 136 Å². The maximum absolute atomic E-state index is 12.2. The minimum absolute atomic E-state index is 0.207. The third-order valence-corrected chi connectivity index (χ3v) is 5.69. The summed E-state index contributed by atoms with van der Waals surface area (Å²) in [5, 5.41) is 1.91. The summed E-state index contributed by atoms with van der Waals surface area (Å²) in [7, 11) is -3.53. The smallest absolute Gasteiger partial charge is 0.240 e. The molecule has 2 rings (SSSR count). The van der Waals surface area contributed by atoms with Crippen molar-refractivity contribution in [3.05, 3.63) is 45.1 Å². The third-order valence-electron chi connectivity index (χ3n) is 2.58. The molecule has 8 heteroatoms. The zero-order valence-corrected chi connectivity index (χ0v) is 14.3. The molecule has 0 saturated heterocycles. The van der Waals surface area contributed by atoms with E-state index in [1.165, 1.54) is 23.5 Å². The molecular formula is C13H15BrN2O3S2. The molecule has 0 spiro atoms. The van der Waals surface area contributed by atoms with Crippen LogP contribution >= 0.6 is 27.3 Å². The topological polar surface area (TPSA) is 81.4 Å². The average Bonchev–Trinajstić information content (AvgIpc) is 2.89. The Bertz CT molecular complexity index is 684. The zero-order chi connectivity index (χ0) is 15.3. The Balaban J connectivity index is 2.01. The number of halogens is 1. The summed E-state index contributed by atoms with van der Waals surface area (Å²) >= 11 is 4.83. The van der Waals surface area contributed by atoms with Crippen LogP contribution in [0.25, 0.3) is 0 Å². The first kappa shape index (κ1) is 16.4. The quantitative estimate of drug-likeness (QED) is 0.759. The molecule has 114 valence electrons. The molecular weight excluding hydrogens is 376 g/mol. The Morgan fingerprint density at radius 1 is 1.29 bits per heavy atom. The van der Waals surface area contributed by atoms with E-state index in [0.29, 0.717) is 18.9 Å². The van der Waals surface area contributed by atoms with Crippen LogP contribution in [0.15, 0.2) is 45.1 Å². The summed E-state index contributed by atoms with van der Waals surface area (Å²) in [6.07, 6.45) is 0. The lowest BCUT2D eigenvalue weighted by Gasteiger charge is -2.08. The molecule has 1 aromatic carbocycles. The van der Waals surface area contributed by atoms with Crippen LogP contribution in [0, 0.1) is 0 Å². The highest BCUT2D eigenvalue weighted by atomic mass is 79.9. The maximum Gasteiger partial charge on any atom is 0.240 e. The normalized spacial score (nSPS) is 11.5. The van der Waals surface area contributed by atoms with Gasteiger partial charge in [0.05, 0.1) is 4.90 Å². The second kappa shape index (κ2) is 7.37. The number of ether oxygens (including phenoxy) is 1. The number of rotatable bonds is 7. The van der Waals surface area contributed by atoms with Crippen molar-refractivity contribution in [2.24, 2.45) is 5.73 Å². The number of hydrogen-bond acceptors (Lipinski definition) is 5. The number of nitrogens with one attached hydrogen (secondary N) is 1. The molecule has 0 atom stereocenters. The van der Waals surface area contributed by atoms with E-state index < -0.39 is 10.0 Å². The van der Waals surface area contributed by atoms with E-state index in [9.17, 15) is 8.42 Å². The van der Waals surface area contributed by atoms with Crippen LogP contribution in [-0.2, 0) is 16.6 Å². The van der Waals surface area contributed by atoms with Gasteiger partial charge in [-0.25, -0.2) is 13.1 Å². The minimum Gasteiger partial charge on any atom is -0.492 e. The number of nitrogens with two attached hydrogens (primary N) is 1. The van der Waals surface area contributed by atoms with Crippen LogP contribution in [0.1, 0.15) is 4.88 Å². The van der Waals surface area contributed by atoms with E-state index in [-0.39, 0.29) is 11.4 Å². The SMILES string of the molecule is NCCOc1ccc(S(=O)(=O)NCc2cc(Br)cs2)cc1. The van der Waals surface area contributed by atoms with Crippen LogP contribution < -0.4 is 15.2 Å². The lowest BCUT2D eigenvalue weighted by Crippen LogP contribution is -2.22. The molecule has 0 bridgehead atoms. The summed E-state index contributed by atoms with van der Waals surface area (Å²) in [6, 6.07) is 8.14. The molecule has 0 aliphatic rings. The van der Waals surface area contributed by atoms with E-state index >= 15 is 0 Å². The predicted molar refractivity (Wildman–Crippen MR) is 87.0 cm³/mol. The summed E-state index contributed by atoms with van der Waals surface area (Å²) in [6.45, 7) is 1.08. The summed E-state index contributed by atoms with van der Waals surface area (Å²) in [5.41, 5.74) is 5.34. The van der Waals surface area contributed by atoms with Crippen molar-refractivity contribution in [3.8, 4) is 5.75 Å². The molecule has 21 heavy (non-hydrogen) atoms. The van der Waals surface area contributed by atoms with Gasteiger partial charge in [-0.15, -0.1) is 11.3 Å². The molecule has 0 fully saturated rings. The highest BCUT2D eigenvalue weighted by Crippen LogP contribution is 2.20. The van der Waals surface area contributed by atoms with Gasteiger partial charge in [0.15, 0.2) is 0 Å². The molecule has 0 amide bonds. The largest absolute Gasteiger partial charge is 0.492 e. The van der Waals surface area contributed by atoms with E-state index in [4.69, 9.17) is 10.5 Å². The Morgan fingerprint density at radius 2 is 2.00 bits per heavy atom. The number of thiophene rings is 1. The van der Waals surface area contributed by atoms with Gasteiger partial charge < -0.3 is 10.5 Å². The molecule has 2 aromatic rings. The highest BCUT2D eigenvalue weighted by molar-refractivity contribution is 9.10. The zero-order valence-electron chi connectivity index (χ0n) is 11.1. The van der Waals surface area contributed by atoms with Crippen LogP contribution in [-0.4, -0.2) is 21.6 Å². The first-order chi connectivity index (χ1) is 10.0. The van der Waals surface area contributed by atoms with Gasteiger partial charge in [0.25, 0.3) is 0 Å². The van der Waals surface area contributed by atoms with Gasteiger partial charge in [-0.3, -0.25) is 0 Å². The van der Waals surface area contributed by atoms with Crippen LogP contribution in [0.4, 0.5) is 0 Å². The van der Waals surface area contributed by atoms with Gasteiger partial charge in [0.2, 0.25) is 10.0 Å². The van der Waals surface area contributed by atoms with Crippen molar-refractivity contribution in [2.45, 2.75) is 11.4 Å². The van der Waals surface area contributed by atoms with Crippen molar-refractivity contribution < 1.29 is 13.2 Å². The summed E-state index contributed by atoms with van der Waals surface area (Å²) in [5.74, 6) is 0.599. The van der Waals surface area contributed by atoms with Crippen molar-refractivity contribution >= 4 is 37.3 Å². The fourth-order valence-electron chi connectivity index (χ4n) is 1.59. The van der Waals surface area contributed by atoms with Crippen LogP contribution in [0.2, 0.25) is 0 Å². The highest BCUT2D eigenvalue weighted by Gasteiger charge is 2.14. The van der Waals surface area contributed by atoms with Crippen LogP contribution in [0.5, 0.6) is 5.75 Å². The molecule has 0 radical (unpaired) electrons. The number of benzene rings is 1. The standard InChI is InChI=1S/C13H15BrN2O3S2/c14-10-7-12(20-9-10)8-16-21(17,18)13-3-1-11(2-4-13)19-6-5-15/h1-4,7,9,16H,5-6,8,15H2. The monoisotopic (exact) mass is 390 g/mol. The Kier molecular flexibility index (Phi) is 5.77. The van der Waals surface area contributed by atoms with Gasteiger partial charge >= 0.3 is 0 Å². The molecule has 0 aliphatic carbocycles. The van der Waals surface area contributed by atoms with Gasteiger partial charge in [0.1, 0.15) is 12.4 Å². The molecule has 0 aliphatic heterocycles. The molecule has 0 saturated carbocycles. The Morgan fingerprint density at radius 3 is 2.57 bits per heavy atom. The van der Waals surface area contributed by atoms with E-state index in [1.807, 2.05) is 11.4 Å². The van der Waals surface area contributed by atoms with Gasteiger partial charge in [-0.1, -0.05) is 0 Å². The maximum atomic E-state index is 12.2. The molecule has 1 heterocycles. The van der Waals surface area contributed by atoms with Crippen molar-refractivity contribution in [1.82, 2.24) is 4.72 Å². The van der Waals surface area contributed by atoms with Crippen LogP contribution in [0.3, 0.4) is 0 Å². The van der Waals surface area contributed by atoms with E-state index in [2.05, 4.69) is 20.7 Å². The van der Waals surface area contributed by atoms with Crippen molar-refractivity contribution in [3.63, 3.8) is 0 Å². The molecule has 1 aromatic heterocycles. The Hall–Kier alpha value is -0.930. The molecule has 0 unspecified atom stereocenters. The molecule has 3 N–H and O–H groups in total. The predicted octanol–water partition coefficient (Wildman–Crippen LogP) is 2.33. The summed E-state index contributed by atoms with van der Waals surface area (Å²) in [4.78, 5) is 1.14. The second-order valence-electron chi connectivity index (χ2n) is 4.16. The first-order valence-corrected chi connectivity index (χ1v) is 9.32. The average molecular weight is 391 g/mol. The van der Waals surface area contributed by atoms with E-state index in [0.717, 1.165) is 9.35 Å². The first-order valence-electron chi connectivity index (χ1n) is 6.17. The lowest BCUT2D eigenvalue weighted by atomic mass is 10.3. The van der Waals surface area contributed by atoms with Gasteiger partial charge in [-0.05, 0) is 46.3 Å². The third kappa shape index (κ3) is 4.79. The van der Waals surface area contributed by atoms with Gasteiger partial charge in [-0.2, -0.15) is 0 Å². The lowest BCUT2D eigenvalue weighted by molar-refractivity contribution is 0.328. The summed E-state index contributed by atoms with van der Waals surface area (Å²) < 4.78 is 33.1. The van der Waals surface area contributed by atoms with Crippen molar-refractivity contribution in [1.29, 1.82) is 0 Å². The fraction of sp³-hybridized carbons (Fsp3) is 0.231. The number of hydrogen-bond donors (Lipinski definition) is 2. The van der Waals surface area contributed by atoms with E-state index in [1.54, 1.807) is 12.1 Å². The van der Waals surface area contributed by atoms with Gasteiger partial charge in [0, 0.05) is 27.8 Å². The fourth-order valence-corrected chi connectivity index (χ4v) is 4.08. The minimum atomic E-state index is -3.53.